The van der Waals surface area contributed by atoms with Gasteiger partial charge in [-0.05, 0) is 43.2 Å². The zero-order chi connectivity index (χ0) is 20.5. The van der Waals surface area contributed by atoms with E-state index < -0.39 is 23.7 Å². The second kappa shape index (κ2) is 7.87. The quantitative estimate of drug-likeness (QED) is 0.609. The van der Waals surface area contributed by atoms with Gasteiger partial charge in [0.15, 0.2) is 5.78 Å². The SMILES string of the molecule is CCOC(=O)[C@@H]1C(=O)C2=C(C[C@@H]1c1ccco1)NC(=O)C[C@H]2c1cccc(Cl)c1. The number of Topliss-reactive ketones (excluding diaryl/α,β-unsaturated/α-hetero) is 1. The highest BCUT2D eigenvalue weighted by atomic mass is 35.5. The number of amides is 1. The molecule has 1 N–H and O–H groups in total. The third kappa shape index (κ3) is 3.60. The molecule has 0 saturated heterocycles. The van der Waals surface area contributed by atoms with Crippen molar-refractivity contribution < 1.29 is 23.5 Å². The Labute approximate surface area is 172 Å². The van der Waals surface area contributed by atoms with E-state index in [0.29, 0.717) is 28.5 Å². The normalized spacial score (nSPS) is 24.1. The molecule has 1 aromatic carbocycles. The van der Waals surface area contributed by atoms with Crippen molar-refractivity contribution in [3.8, 4) is 0 Å². The van der Waals surface area contributed by atoms with Gasteiger partial charge < -0.3 is 14.5 Å². The standard InChI is InChI=1S/C22H20ClNO5/c1-2-28-22(27)20-15(17-7-4-8-29-17)10-16-19(21(20)26)14(11-18(25)24-16)12-5-3-6-13(23)9-12/h3-9,14-15,20H,2,10-11H2,1H3,(H,24,25)/t14-,15+,20-/m0/s1. The van der Waals surface area contributed by atoms with E-state index in [1.165, 1.54) is 6.26 Å². The van der Waals surface area contributed by atoms with E-state index in [4.69, 9.17) is 20.8 Å². The molecule has 6 nitrogen and oxygen atoms in total. The summed E-state index contributed by atoms with van der Waals surface area (Å²) < 4.78 is 10.7. The van der Waals surface area contributed by atoms with Crippen LogP contribution in [0.25, 0.3) is 0 Å². The molecule has 1 amide bonds. The van der Waals surface area contributed by atoms with Gasteiger partial charge in [-0.15, -0.1) is 0 Å². The first-order valence-corrected chi connectivity index (χ1v) is 9.90. The number of benzene rings is 1. The van der Waals surface area contributed by atoms with Gasteiger partial charge in [0.25, 0.3) is 0 Å². The highest BCUT2D eigenvalue weighted by Crippen LogP contribution is 2.46. The van der Waals surface area contributed by atoms with Crippen LogP contribution in [-0.4, -0.2) is 24.3 Å². The zero-order valence-electron chi connectivity index (χ0n) is 15.8. The van der Waals surface area contributed by atoms with Gasteiger partial charge in [0.2, 0.25) is 5.91 Å². The summed E-state index contributed by atoms with van der Waals surface area (Å²) in [5.41, 5.74) is 1.76. The minimum atomic E-state index is -1.02. The van der Waals surface area contributed by atoms with Crippen molar-refractivity contribution in [1.29, 1.82) is 0 Å². The summed E-state index contributed by atoms with van der Waals surface area (Å²) in [5, 5.41) is 3.36. The van der Waals surface area contributed by atoms with Crippen molar-refractivity contribution in [1.82, 2.24) is 5.32 Å². The van der Waals surface area contributed by atoms with Crippen molar-refractivity contribution in [3.63, 3.8) is 0 Å². The van der Waals surface area contributed by atoms with Gasteiger partial charge >= 0.3 is 5.97 Å². The molecule has 1 aliphatic carbocycles. The Morgan fingerprint density at radius 3 is 2.76 bits per heavy atom. The molecule has 2 aromatic rings. The first-order chi connectivity index (χ1) is 14.0. The monoisotopic (exact) mass is 413 g/mol. The number of hydrogen-bond acceptors (Lipinski definition) is 5. The van der Waals surface area contributed by atoms with Crippen LogP contribution < -0.4 is 5.32 Å². The molecule has 0 unspecified atom stereocenters. The Balaban J connectivity index is 1.82. The van der Waals surface area contributed by atoms with Crippen LogP contribution in [0.2, 0.25) is 5.02 Å². The lowest BCUT2D eigenvalue weighted by molar-refractivity contribution is -0.152. The Morgan fingerprint density at radius 1 is 1.24 bits per heavy atom. The van der Waals surface area contributed by atoms with Crippen LogP contribution in [0.1, 0.15) is 42.9 Å². The molecule has 2 heterocycles. The van der Waals surface area contributed by atoms with E-state index >= 15 is 0 Å². The second-order valence-electron chi connectivity index (χ2n) is 7.17. The largest absolute Gasteiger partial charge is 0.469 e. The molecule has 0 fully saturated rings. The molecule has 1 aliphatic heterocycles. The summed E-state index contributed by atoms with van der Waals surface area (Å²) in [7, 11) is 0. The Kier molecular flexibility index (Phi) is 5.28. The van der Waals surface area contributed by atoms with E-state index in [0.717, 1.165) is 5.56 Å². The Morgan fingerprint density at radius 2 is 2.07 bits per heavy atom. The van der Waals surface area contributed by atoms with E-state index in [-0.39, 0.29) is 24.7 Å². The van der Waals surface area contributed by atoms with Crippen LogP contribution in [0.4, 0.5) is 0 Å². The van der Waals surface area contributed by atoms with Crippen LogP contribution in [0.3, 0.4) is 0 Å². The third-order valence-electron chi connectivity index (χ3n) is 5.43. The maximum absolute atomic E-state index is 13.6. The molecule has 1 aromatic heterocycles. The first-order valence-electron chi connectivity index (χ1n) is 9.52. The number of carbonyl (C=O) groups is 3. The maximum atomic E-state index is 13.6. The fourth-order valence-corrected chi connectivity index (χ4v) is 4.43. The first kappa shape index (κ1) is 19.5. The number of hydrogen-bond donors (Lipinski definition) is 1. The van der Waals surface area contributed by atoms with Crippen molar-refractivity contribution in [2.75, 3.05) is 6.61 Å². The average Bonchev–Trinajstić information content (AvgIpc) is 3.21. The van der Waals surface area contributed by atoms with Crippen LogP contribution in [-0.2, 0) is 19.1 Å². The van der Waals surface area contributed by atoms with Crippen LogP contribution >= 0.6 is 11.6 Å². The van der Waals surface area contributed by atoms with Gasteiger partial charge in [0, 0.05) is 34.5 Å². The molecule has 150 valence electrons. The summed E-state index contributed by atoms with van der Waals surface area (Å²) in [6, 6.07) is 10.5. The highest BCUT2D eigenvalue weighted by Gasteiger charge is 2.48. The van der Waals surface area contributed by atoms with Crippen molar-refractivity contribution in [2.45, 2.75) is 31.6 Å². The fourth-order valence-electron chi connectivity index (χ4n) is 4.23. The van der Waals surface area contributed by atoms with Gasteiger partial charge in [-0.3, -0.25) is 14.4 Å². The minimum absolute atomic E-state index is 0.117. The summed E-state index contributed by atoms with van der Waals surface area (Å²) in [6.07, 6.45) is 1.92. The number of halogens is 1. The maximum Gasteiger partial charge on any atom is 0.317 e. The molecule has 29 heavy (non-hydrogen) atoms. The highest BCUT2D eigenvalue weighted by molar-refractivity contribution is 6.30. The molecular formula is C22H20ClNO5. The molecule has 7 heteroatoms. The van der Waals surface area contributed by atoms with Crippen molar-refractivity contribution in [2.24, 2.45) is 5.92 Å². The number of esters is 1. The fraction of sp³-hybridized carbons (Fsp3) is 0.318. The van der Waals surface area contributed by atoms with Gasteiger partial charge in [0.1, 0.15) is 11.7 Å². The molecule has 2 aliphatic rings. The zero-order valence-corrected chi connectivity index (χ0v) is 16.6. The van der Waals surface area contributed by atoms with Crippen LogP contribution in [0, 0.1) is 5.92 Å². The molecule has 0 bridgehead atoms. The van der Waals surface area contributed by atoms with Crippen molar-refractivity contribution in [3.05, 3.63) is 70.3 Å². The molecule has 0 spiro atoms. The predicted molar refractivity (Wildman–Crippen MR) is 105 cm³/mol. The number of ether oxygens (including phenoxy) is 1. The number of ketones is 1. The topological polar surface area (TPSA) is 85.6 Å². The number of nitrogens with one attached hydrogen (secondary N) is 1. The van der Waals surface area contributed by atoms with E-state index in [9.17, 15) is 14.4 Å². The minimum Gasteiger partial charge on any atom is -0.469 e. The van der Waals surface area contributed by atoms with Gasteiger partial charge in [-0.2, -0.15) is 0 Å². The van der Waals surface area contributed by atoms with Crippen molar-refractivity contribution >= 4 is 29.3 Å². The Hall–Kier alpha value is -2.86. The molecule has 0 radical (unpaired) electrons. The number of carbonyl (C=O) groups excluding carboxylic acids is 3. The third-order valence-corrected chi connectivity index (χ3v) is 5.66. The summed E-state index contributed by atoms with van der Waals surface area (Å²) in [4.78, 5) is 38.7. The predicted octanol–water partition coefficient (Wildman–Crippen LogP) is 3.73. The second-order valence-corrected chi connectivity index (χ2v) is 7.61. The van der Waals surface area contributed by atoms with Gasteiger partial charge in [-0.25, -0.2) is 0 Å². The van der Waals surface area contributed by atoms with Gasteiger partial charge in [-0.1, -0.05) is 23.7 Å². The van der Waals surface area contributed by atoms with E-state index in [1.54, 1.807) is 37.3 Å². The van der Waals surface area contributed by atoms with E-state index in [1.807, 2.05) is 6.07 Å². The molecular weight excluding hydrogens is 394 g/mol. The molecule has 4 rings (SSSR count). The summed E-state index contributed by atoms with van der Waals surface area (Å²) in [6.45, 7) is 1.88. The average molecular weight is 414 g/mol. The number of rotatable bonds is 4. The lowest BCUT2D eigenvalue weighted by Gasteiger charge is -2.37. The van der Waals surface area contributed by atoms with Gasteiger partial charge in [0.05, 0.1) is 12.9 Å². The van der Waals surface area contributed by atoms with E-state index in [2.05, 4.69) is 5.32 Å². The lowest BCUT2D eigenvalue weighted by atomic mass is 9.69. The number of allylic oxidation sites excluding steroid dienone is 2. The summed E-state index contributed by atoms with van der Waals surface area (Å²) in [5.74, 6) is -2.58. The Bertz CT molecular complexity index is 994. The molecule has 3 atom stereocenters. The lowest BCUT2D eigenvalue weighted by Crippen LogP contribution is -2.44. The van der Waals surface area contributed by atoms with Crippen LogP contribution in [0.15, 0.2) is 58.3 Å². The summed E-state index contributed by atoms with van der Waals surface area (Å²) >= 11 is 6.14. The number of furan rings is 1. The smallest absolute Gasteiger partial charge is 0.317 e. The molecule has 0 saturated carbocycles. The van der Waals surface area contributed by atoms with Crippen LogP contribution in [0.5, 0.6) is 0 Å².